The Hall–Kier alpha value is -3.15. The maximum Gasteiger partial charge on any atom is 0.279 e. The van der Waals surface area contributed by atoms with Gasteiger partial charge in [-0.1, -0.05) is 35.5 Å². The van der Waals surface area contributed by atoms with Crippen molar-refractivity contribution in [2.45, 2.75) is 12.8 Å². The number of nitrogens with one attached hydrogen (secondary N) is 1. The van der Waals surface area contributed by atoms with Crippen LogP contribution >= 0.6 is 0 Å². The minimum absolute atomic E-state index is 0.226. The number of anilines is 2. The third kappa shape index (κ3) is 3.38. The van der Waals surface area contributed by atoms with Crippen LogP contribution in [-0.4, -0.2) is 29.1 Å². The predicted molar refractivity (Wildman–Crippen MR) is 95.6 cm³/mol. The molecule has 1 aliphatic rings. The molecule has 6 nitrogen and oxygen atoms in total. The average Bonchev–Trinajstić information content (AvgIpc) is 3.35. The number of carbonyl (C=O) groups is 1. The fourth-order valence-electron chi connectivity index (χ4n) is 2.92. The number of hydrogen-bond acceptors (Lipinski definition) is 5. The Morgan fingerprint density at radius 2 is 1.88 bits per heavy atom. The second-order valence-electron chi connectivity index (χ2n) is 5.99. The van der Waals surface area contributed by atoms with Gasteiger partial charge in [0.25, 0.3) is 5.91 Å². The van der Waals surface area contributed by atoms with Gasteiger partial charge in [-0.2, -0.15) is 0 Å². The van der Waals surface area contributed by atoms with Crippen LogP contribution in [0.25, 0.3) is 11.3 Å². The summed E-state index contributed by atoms with van der Waals surface area (Å²) in [5, 5.41) is 6.60. The first-order valence-electron chi connectivity index (χ1n) is 8.34. The minimum atomic E-state index is -0.340. The van der Waals surface area contributed by atoms with Crippen molar-refractivity contribution in [1.29, 1.82) is 0 Å². The van der Waals surface area contributed by atoms with Crippen LogP contribution in [0.4, 0.5) is 11.5 Å². The molecule has 0 atom stereocenters. The van der Waals surface area contributed by atoms with Crippen molar-refractivity contribution in [2.24, 2.45) is 0 Å². The van der Waals surface area contributed by atoms with Gasteiger partial charge in [0.05, 0.1) is 11.9 Å². The van der Waals surface area contributed by atoms with Gasteiger partial charge in [0, 0.05) is 24.7 Å². The summed E-state index contributed by atoms with van der Waals surface area (Å²) in [7, 11) is 0. The standard InChI is InChI=1S/C19H18N4O2/c24-19(16-12-17(25-22-16)14-6-2-1-3-7-14)21-18-9-8-15(13-20-18)23-10-4-5-11-23/h1-3,6-9,12-13H,4-5,10-11H2,(H,20,21,24). The van der Waals surface area contributed by atoms with Gasteiger partial charge in [-0.05, 0) is 25.0 Å². The van der Waals surface area contributed by atoms with Crippen LogP contribution in [0.5, 0.6) is 0 Å². The molecule has 0 radical (unpaired) electrons. The summed E-state index contributed by atoms with van der Waals surface area (Å²) in [4.78, 5) is 18.9. The van der Waals surface area contributed by atoms with Crippen LogP contribution in [-0.2, 0) is 0 Å². The number of nitrogens with zero attached hydrogens (tertiary/aromatic N) is 3. The van der Waals surface area contributed by atoms with E-state index in [9.17, 15) is 4.79 Å². The lowest BCUT2D eigenvalue weighted by Gasteiger charge is -2.17. The first-order valence-corrected chi connectivity index (χ1v) is 8.34. The highest BCUT2D eigenvalue weighted by Crippen LogP contribution is 2.22. The Balaban J connectivity index is 1.44. The van der Waals surface area contributed by atoms with Crippen LogP contribution < -0.4 is 10.2 Å². The molecule has 0 aliphatic carbocycles. The number of hydrogen-bond donors (Lipinski definition) is 1. The van der Waals surface area contributed by atoms with Crippen molar-refractivity contribution in [3.05, 3.63) is 60.4 Å². The zero-order valence-corrected chi connectivity index (χ0v) is 13.7. The predicted octanol–water partition coefficient (Wildman–Crippen LogP) is 3.59. The van der Waals surface area contributed by atoms with Crippen LogP contribution in [0, 0.1) is 0 Å². The molecule has 4 rings (SSSR count). The SMILES string of the molecule is O=C(Nc1ccc(N2CCCC2)cn1)c1cc(-c2ccccc2)on1. The molecule has 0 bridgehead atoms. The Kier molecular flexibility index (Phi) is 4.16. The van der Waals surface area contributed by atoms with Crippen LogP contribution in [0.15, 0.2) is 59.3 Å². The van der Waals surface area contributed by atoms with Crippen molar-refractivity contribution >= 4 is 17.4 Å². The molecular formula is C19H18N4O2. The first kappa shape index (κ1) is 15.4. The minimum Gasteiger partial charge on any atom is -0.370 e. The van der Waals surface area contributed by atoms with Gasteiger partial charge < -0.3 is 14.7 Å². The number of carbonyl (C=O) groups excluding carboxylic acids is 1. The van der Waals surface area contributed by atoms with Crippen LogP contribution in [0.3, 0.4) is 0 Å². The van der Waals surface area contributed by atoms with Crippen molar-refractivity contribution < 1.29 is 9.32 Å². The molecule has 0 unspecified atom stereocenters. The number of pyridine rings is 1. The lowest BCUT2D eigenvalue weighted by molar-refractivity contribution is 0.101. The zero-order chi connectivity index (χ0) is 17.1. The van der Waals surface area contributed by atoms with Gasteiger partial charge in [-0.3, -0.25) is 4.79 Å². The lowest BCUT2D eigenvalue weighted by Crippen LogP contribution is -2.18. The highest BCUT2D eigenvalue weighted by Gasteiger charge is 2.15. The average molecular weight is 334 g/mol. The molecule has 0 spiro atoms. The molecule has 3 heterocycles. The largest absolute Gasteiger partial charge is 0.370 e. The zero-order valence-electron chi connectivity index (χ0n) is 13.7. The van der Waals surface area contributed by atoms with Gasteiger partial charge in [0.15, 0.2) is 11.5 Å². The Morgan fingerprint density at radius 3 is 2.60 bits per heavy atom. The Labute approximate surface area is 145 Å². The molecule has 1 aromatic carbocycles. The summed E-state index contributed by atoms with van der Waals surface area (Å²) in [6.07, 6.45) is 4.22. The molecule has 1 aliphatic heterocycles. The number of aromatic nitrogens is 2. The van der Waals surface area contributed by atoms with E-state index in [1.54, 1.807) is 12.3 Å². The molecule has 1 amide bonds. The maximum absolute atomic E-state index is 12.3. The fourth-order valence-corrected chi connectivity index (χ4v) is 2.92. The molecular weight excluding hydrogens is 316 g/mol. The van der Waals surface area contributed by atoms with E-state index in [1.165, 1.54) is 12.8 Å². The molecule has 1 N–H and O–H groups in total. The molecule has 126 valence electrons. The highest BCUT2D eigenvalue weighted by molar-refractivity contribution is 6.02. The molecule has 3 aromatic rings. The number of amides is 1. The topological polar surface area (TPSA) is 71.3 Å². The maximum atomic E-state index is 12.3. The summed E-state index contributed by atoms with van der Waals surface area (Å²) in [5.41, 5.74) is 2.19. The molecule has 6 heteroatoms. The monoisotopic (exact) mass is 334 g/mol. The Bertz CT molecular complexity index is 853. The number of benzene rings is 1. The molecule has 1 fully saturated rings. The molecule has 2 aromatic heterocycles. The van der Waals surface area contributed by atoms with Crippen LogP contribution in [0.1, 0.15) is 23.3 Å². The van der Waals surface area contributed by atoms with Crippen molar-refractivity contribution in [3.63, 3.8) is 0 Å². The second kappa shape index (κ2) is 6.76. The van der Waals surface area contributed by atoms with E-state index in [2.05, 4.69) is 20.4 Å². The Morgan fingerprint density at radius 1 is 1.08 bits per heavy atom. The highest BCUT2D eigenvalue weighted by atomic mass is 16.5. The number of rotatable bonds is 4. The smallest absolute Gasteiger partial charge is 0.279 e. The van der Waals surface area contributed by atoms with E-state index in [0.29, 0.717) is 11.6 Å². The van der Waals surface area contributed by atoms with Gasteiger partial charge in [-0.15, -0.1) is 0 Å². The van der Waals surface area contributed by atoms with Crippen LogP contribution in [0.2, 0.25) is 0 Å². The van der Waals surface area contributed by atoms with E-state index in [4.69, 9.17) is 4.52 Å². The third-order valence-corrected chi connectivity index (χ3v) is 4.26. The van der Waals surface area contributed by atoms with Gasteiger partial charge in [0.2, 0.25) is 0 Å². The summed E-state index contributed by atoms with van der Waals surface area (Å²) in [6.45, 7) is 2.13. The van der Waals surface area contributed by atoms with Gasteiger partial charge in [-0.25, -0.2) is 4.98 Å². The quantitative estimate of drug-likeness (QED) is 0.789. The fraction of sp³-hybridized carbons (Fsp3) is 0.211. The first-order chi connectivity index (χ1) is 12.3. The summed E-state index contributed by atoms with van der Waals surface area (Å²) >= 11 is 0. The van der Waals surface area contributed by atoms with Crippen molar-refractivity contribution in [2.75, 3.05) is 23.3 Å². The molecule has 1 saturated heterocycles. The lowest BCUT2D eigenvalue weighted by atomic mass is 10.1. The van der Waals surface area contributed by atoms with E-state index < -0.39 is 0 Å². The molecule has 25 heavy (non-hydrogen) atoms. The van der Waals surface area contributed by atoms with Gasteiger partial charge in [0.1, 0.15) is 5.82 Å². The van der Waals surface area contributed by atoms with Crippen molar-refractivity contribution in [1.82, 2.24) is 10.1 Å². The van der Waals surface area contributed by atoms with E-state index in [1.807, 2.05) is 42.5 Å². The van der Waals surface area contributed by atoms with E-state index >= 15 is 0 Å². The van der Waals surface area contributed by atoms with Gasteiger partial charge >= 0.3 is 0 Å². The summed E-state index contributed by atoms with van der Waals surface area (Å²) < 4.78 is 5.26. The van der Waals surface area contributed by atoms with E-state index in [0.717, 1.165) is 24.3 Å². The summed E-state index contributed by atoms with van der Waals surface area (Å²) in [6, 6.07) is 15.0. The van der Waals surface area contributed by atoms with E-state index in [-0.39, 0.29) is 11.6 Å². The second-order valence-corrected chi connectivity index (χ2v) is 5.99. The third-order valence-electron chi connectivity index (χ3n) is 4.26. The summed E-state index contributed by atoms with van der Waals surface area (Å²) in [5.74, 6) is 0.715. The molecule has 0 saturated carbocycles. The normalized spacial score (nSPS) is 13.8. The van der Waals surface area contributed by atoms with Crippen molar-refractivity contribution in [3.8, 4) is 11.3 Å².